The van der Waals surface area contributed by atoms with E-state index in [9.17, 15) is 8.42 Å². The monoisotopic (exact) mass is 835 g/mol. The van der Waals surface area contributed by atoms with E-state index in [-0.39, 0.29) is 23.0 Å². The Morgan fingerprint density at radius 1 is 0.542 bits per heavy atom. The van der Waals surface area contributed by atoms with Crippen LogP contribution in [0.25, 0.3) is 0 Å². The van der Waals surface area contributed by atoms with E-state index in [1.165, 1.54) is 114 Å². The average molecular weight is 835 g/mol. The molecule has 8 aliphatic rings. The second kappa shape index (κ2) is 17.0. The van der Waals surface area contributed by atoms with Crippen LogP contribution < -0.4 is 0 Å². The molecule has 0 radical (unpaired) electrons. The van der Waals surface area contributed by atoms with Gasteiger partial charge in [-0.1, -0.05) is 131 Å². The Labute approximate surface area is 364 Å². The van der Waals surface area contributed by atoms with Gasteiger partial charge in [-0.15, -0.1) is 0 Å². The highest BCUT2D eigenvalue weighted by Crippen LogP contribution is 2.69. The lowest BCUT2D eigenvalue weighted by Crippen LogP contribution is -2.51. The Morgan fingerprint density at radius 2 is 0.949 bits per heavy atom. The molecule has 0 N–H and O–H groups in total. The Morgan fingerprint density at radius 3 is 1.34 bits per heavy atom. The SMILES string of the molecule is CC(C)CCC[C@@H](C)[C@H]1CC[C@H]2[C@@H]3CC=C4C[C@@H](OS(=O)(=O)O[C@H]5CC[C@@]6(C)C(=CC[C@@H]7[C@H]8CC[C@@H]([C@H](C)CCCC(C)C)[C@@]8(C)CC[C@H]76)C5)CC[C@@]4(C)[C@@H]3CC[C@@]12C. The summed E-state index contributed by atoms with van der Waals surface area (Å²) in [5.74, 6) is 9.72. The number of rotatable bonds is 14. The molecule has 6 saturated carbocycles. The Balaban J connectivity index is 0.856. The Kier molecular flexibility index (Phi) is 13.0. The van der Waals surface area contributed by atoms with Gasteiger partial charge in [-0.05, 0) is 195 Å². The maximum absolute atomic E-state index is 13.7. The first-order chi connectivity index (χ1) is 27.9. The van der Waals surface area contributed by atoms with Crippen LogP contribution >= 0.6 is 0 Å². The van der Waals surface area contributed by atoms with Crippen LogP contribution in [-0.2, 0) is 18.8 Å². The van der Waals surface area contributed by atoms with Gasteiger partial charge in [-0.2, -0.15) is 8.42 Å². The van der Waals surface area contributed by atoms with Gasteiger partial charge in [0.1, 0.15) is 0 Å². The van der Waals surface area contributed by atoms with Crippen LogP contribution in [0.2, 0.25) is 0 Å². The van der Waals surface area contributed by atoms with Gasteiger partial charge in [0.2, 0.25) is 0 Å². The predicted molar refractivity (Wildman–Crippen MR) is 245 cm³/mol. The fourth-order valence-corrected chi connectivity index (χ4v) is 18.9. The summed E-state index contributed by atoms with van der Waals surface area (Å²) in [6, 6.07) is 0. The highest BCUT2D eigenvalue weighted by Gasteiger charge is 2.61. The number of allylic oxidation sites excluding steroid dienone is 2. The van der Waals surface area contributed by atoms with Gasteiger partial charge in [0.25, 0.3) is 0 Å². The van der Waals surface area contributed by atoms with Crippen molar-refractivity contribution in [2.45, 2.75) is 223 Å². The molecule has 0 saturated heterocycles. The molecule has 0 unspecified atom stereocenters. The Hall–Kier alpha value is -0.650. The molecular formula is C54H90O4S. The quantitative estimate of drug-likeness (QED) is 0.164. The highest BCUT2D eigenvalue weighted by atomic mass is 32.3. The molecule has 5 heteroatoms. The second-order valence-corrected chi connectivity index (χ2v) is 26.1. The third-order valence-corrected chi connectivity index (χ3v) is 22.0. The molecule has 0 aromatic rings. The molecule has 16 atom stereocenters. The van der Waals surface area contributed by atoms with E-state index in [2.05, 4.69) is 81.4 Å². The van der Waals surface area contributed by atoms with Gasteiger partial charge >= 0.3 is 10.4 Å². The molecule has 0 aliphatic heterocycles. The molecular weight excluding hydrogens is 745 g/mol. The summed E-state index contributed by atoms with van der Waals surface area (Å²) in [6.45, 7) is 25.1. The van der Waals surface area contributed by atoms with Crippen molar-refractivity contribution in [3.05, 3.63) is 23.3 Å². The van der Waals surface area contributed by atoms with E-state index in [1.807, 2.05) is 0 Å². The summed E-state index contributed by atoms with van der Waals surface area (Å²) in [6.07, 6.45) is 31.4. The van der Waals surface area contributed by atoms with Crippen molar-refractivity contribution in [1.29, 1.82) is 0 Å². The zero-order chi connectivity index (χ0) is 42.1. The second-order valence-electron chi connectivity index (χ2n) is 24.9. The fraction of sp³-hybridized carbons (Fsp3) is 0.926. The van der Waals surface area contributed by atoms with Gasteiger partial charge in [-0.3, -0.25) is 0 Å². The summed E-state index contributed by atoms with van der Waals surface area (Å²) in [7, 11) is -4.09. The molecule has 0 spiro atoms. The molecule has 0 amide bonds. The van der Waals surface area contributed by atoms with Gasteiger partial charge in [0, 0.05) is 0 Å². The summed E-state index contributed by atoms with van der Waals surface area (Å²) < 4.78 is 39.5. The minimum Gasteiger partial charge on any atom is -0.245 e. The molecule has 336 valence electrons. The van der Waals surface area contributed by atoms with Crippen LogP contribution in [-0.4, -0.2) is 20.6 Å². The summed E-state index contributed by atoms with van der Waals surface area (Å²) in [5, 5.41) is 0. The standard InChI is InChI=1S/C54H90O4S/c1-35(2)13-11-15-37(5)45-21-23-47-43-19-17-39-33-41(25-29-51(39,7)49(43)27-31-53(45,47)9)57-59(55,56)58-42-26-30-52(8)40(34-42)18-20-44-48-24-22-46(38(6)16-12-14-36(3)4)54(48,10)32-28-50(44)52/h17-18,35-38,41-50H,11-16,19-34H2,1-10H3/t37-,38-,41+,42+,43-,44+,45+,46-,47-,48+,49-,50-,51+,52-,53-,54+/m1/s1. The Bertz CT molecular complexity index is 1550. The van der Waals surface area contributed by atoms with E-state index in [0.29, 0.717) is 10.8 Å². The van der Waals surface area contributed by atoms with E-state index in [1.54, 1.807) is 0 Å². The minimum atomic E-state index is -4.09. The molecule has 4 nitrogen and oxygen atoms in total. The van der Waals surface area contributed by atoms with Crippen molar-refractivity contribution in [3.8, 4) is 0 Å². The highest BCUT2D eigenvalue weighted by molar-refractivity contribution is 7.81. The average Bonchev–Trinajstić information content (AvgIpc) is 3.71. The van der Waals surface area contributed by atoms with Crippen LogP contribution in [0.3, 0.4) is 0 Å². The zero-order valence-electron chi connectivity index (χ0n) is 39.8. The van der Waals surface area contributed by atoms with Crippen molar-refractivity contribution in [2.24, 2.45) is 92.7 Å². The smallest absolute Gasteiger partial charge is 0.245 e. The predicted octanol–water partition coefficient (Wildman–Crippen LogP) is 15.1. The third kappa shape index (κ3) is 8.32. The summed E-state index contributed by atoms with van der Waals surface area (Å²) >= 11 is 0. The first-order valence-corrected chi connectivity index (χ1v) is 27.2. The molecule has 8 rings (SSSR count). The topological polar surface area (TPSA) is 52.6 Å². The molecule has 8 aliphatic carbocycles. The lowest BCUT2D eigenvalue weighted by molar-refractivity contribution is -0.0589. The maximum Gasteiger partial charge on any atom is 0.400 e. The van der Waals surface area contributed by atoms with E-state index < -0.39 is 10.4 Å². The lowest BCUT2D eigenvalue weighted by Gasteiger charge is -2.58. The largest absolute Gasteiger partial charge is 0.400 e. The van der Waals surface area contributed by atoms with Crippen molar-refractivity contribution in [1.82, 2.24) is 0 Å². The number of hydrogen-bond donors (Lipinski definition) is 0. The third-order valence-electron chi connectivity index (χ3n) is 21.0. The normalized spacial score (nSPS) is 45.4. The van der Waals surface area contributed by atoms with Crippen molar-refractivity contribution < 1.29 is 16.8 Å². The fourth-order valence-electron chi connectivity index (χ4n) is 17.8. The number of hydrogen-bond acceptors (Lipinski definition) is 4. The lowest BCUT2D eigenvalue weighted by atomic mass is 9.47. The van der Waals surface area contributed by atoms with E-state index in [4.69, 9.17) is 8.37 Å². The van der Waals surface area contributed by atoms with Crippen LogP contribution in [0.4, 0.5) is 0 Å². The van der Waals surface area contributed by atoms with Gasteiger partial charge in [0.15, 0.2) is 0 Å². The van der Waals surface area contributed by atoms with Gasteiger partial charge in [-0.25, -0.2) is 8.37 Å². The van der Waals surface area contributed by atoms with Crippen molar-refractivity contribution >= 4 is 10.4 Å². The molecule has 0 bridgehead atoms. The van der Waals surface area contributed by atoms with E-state index >= 15 is 0 Å². The molecule has 0 aromatic heterocycles. The van der Waals surface area contributed by atoms with Gasteiger partial charge in [0.05, 0.1) is 12.2 Å². The summed E-state index contributed by atoms with van der Waals surface area (Å²) in [5.41, 5.74) is 4.30. The van der Waals surface area contributed by atoms with Crippen LogP contribution in [0.5, 0.6) is 0 Å². The summed E-state index contributed by atoms with van der Waals surface area (Å²) in [4.78, 5) is 0. The van der Waals surface area contributed by atoms with Gasteiger partial charge < -0.3 is 0 Å². The first kappa shape index (κ1) is 44.9. The van der Waals surface area contributed by atoms with Crippen LogP contribution in [0.15, 0.2) is 23.3 Å². The number of fused-ring (bicyclic) bond motifs is 10. The first-order valence-electron chi connectivity index (χ1n) is 25.9. The van der Waals surface area contributed by atoms with Crippen LogP contribution in [0.1, 0.15) is 210 Å². The van der Waals surface area contributed by atoms with Crippen molar-refractivity contribution in [2.75, 3.05) is 0 Å². The van der Waals surface area contributed by atoms with Crippen molar-refractivity contribution in [3.63, 3.8) is 0 Å². The molecule has 59 heavy (non-hydrogen) atoms. The van der Waals surface area contributed by atoms with E-state index in [0.717, 1.165) is 110 Å². The maximum atomic E-state index is 13.7. The molecule has 0 aromatic carbocycles. The minimum absolute atomic E-state index is 0.177. The molecule has 0 heterocycles. The zero-order valence-corrected chi connectivity index (χ0v) is 40.7. The molecule has 6 fully saturated rings. The van der Waals surface area contributed by atoms with Crippen LogP contribution in [0, 0.1) is 92.7 Å².